The fourth-order valence-corrected chi connectivity index (χ4v) is 2.84. The minimum Gasteiger partial charge on any atom is -0.460 e. The summed E-state index contributed by atoms with van der Waals surface area (Å²) in [4.78, 5) is 38.5. The van der Waals surface area contributed by atoms with E-state index in [-0.39, 0.29) is 35.0 Å². The normalized spacial score (nSPS) is 10.4. The number of esters is 1. The zero-order chi connectivity index (χ0) is 19.4. The van der Waals surface area contributed by atoms with Gasteiger partial charge in [0.05, 0.1) is 17.7 Å². The lowest BCUT2D eigenvalue weighted by Crippen LogP contribution is -2.15. The summed E-state index contributed by atoms with van der Waals surface area (Å²) in [6, 6.07) is 17.0. The highest BCUT2D eigenvalue weighted by molar-refractivity contribution is 6.23. The first kappa shape index (κ1) is 18.3. The molecule has 0 saturated carbocycles. The van der Waals surface area contributed by atoms with E-state index in [1.165, 1.54) is 0 Å². The summed E-state index contributed by atoms with van der Waals surface area (Å²) in [6.45, 7) is 3.34. The van der Waals surface area contributed by atoms with Gasteiger partial charge in [-0.15, -0.1) is 0 Å². The predicted molar refractivity (Wildman–Crippen MR) is 99.2 cm³/mol. The van der Waals surface area contributed by atoms with Crippen LogP contribution in [-0.2, 0) is 4.74 Å². The molecule has 0 aliphatic carbocycles. The zero-order valence-electron chi connectivity index (χ0n) is 15.0. The lowest BCUT2D eigenvalue weighted by Gasteiger charge is -2.06. The van der Waals surface area contributed by atoms with Crippen molar-refractivity contribution in [2.75, 3.05) is 6.61 Å². The lowest BCUT2D eigenvalue weighted by atomic mass is 9.93. The molecule has 0 aliphatic heterocycles. The Morgan fingerprint density at radius 2 is 1.30 bits per heavy atom. The summed E-state index contributed by atoms with van der Waals surface area (Å²) in [6.07, 6.45) is 0. The maximum absolute atomic E-state index is 13.1. The van der Waals surface area contributed by atoms with Crippen molar-refractivity contribution >= 4 is 17.5 Å². The van der Waals surface area contributed by atoms with Crippen LogP contribution in [0.4, 0.5) is 0 Å². The van der Waals surface area contributed by atoms with Gasteiger partial charge in [-0.1, -0.05) is 60.7 Å². The Kier molecular flexibility index (Phi) is 5.31. The number of furan rings is 1. The molecule has 3 aromatic rings. The molecule has 136 valence electrons. The van der Waals surface area contributed by atoms with Gasteiger partial charge in [0.25, 0.3) is 0 Å². The van der Waals surface area contributed by atoms with E-state index in [0.717, 1.165) is 0 Å². The summed E-state index contributed by atoms with van der Waals surface area (Å²) in [7, 11) is 0. The van der Waals surface area contributed by atoms with Crippen molar-refractivity contribution < 1.29 is 23.5 Å². The molecule has 0 unspecified atom stereocenters. The lowest BCUT2D eigenvalue weighted by molar-refractivity contribution is 0.0485. The van der Waals surface area contributed by atoms with E-state index in [2.05, 4.69) is 0 Å². The maximum atomic E-state index is 13.1. The van der Waals surface area contributed by atoms with Crippen molar-refractivity contribution in [3.8, 4) is 0 Å². The Hall–Kier alpha value is -3.47. The molecule has 0 atom stereocenters. The molecule has 27 heavy (non-hydrogen) atoms. The molecule has 0 N–H and O–H groups in total. The molecule has 0 amide bonds. The van der Waals surface area contributed by atoms with Crippen molar-refractivity contribution in [1.82, 2.24) is 0 Å². The smallest absolute Gasteiger partial charge is 0.375 e. The molecule has 0 aliphatic rings. The van der Waals surface area contributed by atoms with Crippen molar-refractivity contribution in [3.63, 3.8) is 0 Å². The highest BCUT2D eigenvalue weighted by atomic mass is 16.5. The molecule has 0 radical (unpaired) electrons. The van der Waals surface area contributed by atoms with Crippen LogP contribution in [0.2, 0.25) is 0 Å². The Labute approximate surface area is 156 Å². The van der Waals surface area contributed by atoms with E-state index in [0.29, 0.717) is 11.1 Å². The van der Waals surface area contributed by atoms with E-state index in [1.54, 1.807) is 74.5 Å². The van der Waals surface area contributed by atoms with E-state index in [4.69, 9.17) is 9.15 Å². The molecule has 5 nitrogen and oxygen atoms in total. The Morgan fingerprint density at radius 1 is 0.815 bits per heavy atom. The third-order valence-corrected chi connectivity index (χ3v) is 4.07. The number of ketones is 2. The summed E-state index contributed by atoms with van der Waals surface area (Å²) >= 11 is 0. The predicted octanol–water partition coefficient (Wildman–Crippen LogP) is 4.23. The van der Waals surface area contributed by atoms with Crippen LogP contribution in [0.15, 0.2) is 65.1 Å². The van der Waals surface area contributed by atoms with Crippen LogP contribution >= 0.6 is 0 Å². The monoisotopic (exact) mass is 362 g/mol. The molecule has 1 aromatic heterocycles. The van der Waals surface area contributed by atoms with Crippen LogP contribution in [0.25, 0.3) is 0 Å². The van der Waals surface area contributed by atoms with Gasteiger partial charge in [-0.2, -0.15) is 0 Å². The number of benzene rings is 2. The number of hydrogen-bond acceptors (Lipinski definition) is 5. The third kappa shape index (κ3) is 3.58. The second-order valence-corrected chi connectivity index (χ2v) is 5.85. The van der Waals surface area contributed by atoms with Gasteiger partial charge in [0.1, 0.15) is 5.76 Å². The summed E-state index contributed by atoms with van der Waals surface area (Å²) in [5, 5.41) is 0. The fraction of sp³-hybridized carbons (Fsp3) is 0.136. The SMILES string of the molecule is CCOC(=O)c1oc(C)c(C(=O)c2ccccc2)c1C(=O)c1ccccc1. The summed E-state index contributed by atoms with van der Waals surface area (Å²) < 4.78 is 10.5. The molecule has 0 saturated heterocycles. The number of aryl methyl sites for hydroxylation is 1. The number of ether oxygens (including phenoxy) is 1. The van der Waals surface area contributed by atoms with Crippen LogP contribution in [0.1, 0.15) is 55.1 Å². The van der Waals surface area contributed by atoms with Gasteiger partial charge >= 0.3 is 5.97 Å². The van der Waals surface area contributed by atoms with Crippen molar-refractivity contribution in [3.05, 3.63) is 94.4 Å². The average Bonchev–Trinajstić information content (AvgIpc) is 3.05. The van der Waals surface area contributed by atoms with Crippen LogP contribution in [0.3, 0.4) is 0 Å². The standard InChI is InChI=1S/C22H18O5/c1-3-26-22(25)21-18(20(24)16-12-8-5-9-13-16)17(14(2)27-21)19(23)15-10-6-4-7-11-15/h4-13H,3H2,1-2H3. The van der Waals surface area contributed by atoms with E-state index < -0.39 is 11.8 Å². The molecule has 5 heteroatoms. The minimum atomic E-state index is -0.771. The van der Waals surface area contributed by atoms with Crippen LogP contribution in [0.5, 0.6) is 0 Å². The Balaban J connectivity index is 2.20. The largest absolute Gasteiger partial charge is 0.460 e. The second-order valence-electron chi connectivity index (χ2n) is 5.85. The van der Waals surface area contributed by atoms with Crippen molar-refractivity contribution in [2.45, 2.75) is 13.8 Å². The zero-order valence-corrected chi connectivity index (χ0v) is 15.0. The molecular formula is C22H18O5. The Morgan fingerprint density at radius 3 is 1.78 bits per heavy atom. The topological polar surface area (TPSA) is 73.6 Å². The van der Waals surface area contributed by atoms with Gasteiger partial charge in [0.2, 0.25) is 5.76 Å². The van der Waals surface area contributed by atoms with Gasteiger partial charge in [-0.25, -0.2) is 4.79 Å². The van der Waals surface area contributed by atoms with Crippen molar-refractivity contribution in [1.29, 1.82) is 0 Å². The molecular weight excluding hydrogens is 344 g/mol. The number of hydrogen-bond donors (Lipinski definition) is 0. The summed E-state index contributed by atoms with van der Waals surface area (Å²) in [5.74, 6) is -1.66. The van der Waals surface area contributed by atoms with Crippen LogP contribution in [0, 0.1) is 6.92 Å². The van der Waals surface area contributed by atoms with Crippen LogP contribution < -0.4 is 0 Å². The Bertz CT molecular complexity index is 984. The van der Waals surface area contributed by atoms with Gasteiger partial charge in [-0.3, -0.25) is 9.59 Å². The van der Waals surface area contributed by atoms with Gasteiger partial charge in [0.15, 0.2) is 11.6 Å². The number of rotatable bonds is 6. The average molecular weight is 362 g/mol. The van der Waals surface area contributed by atoms with Gasteiger partial charge < -0.3 is 9.15 Å². The summed E-state index contributed by atoms with van der Waals surface area (Å²) in [5.41, 5.74) is 0.772. The van der Waals surface area contributed by atoms with E-state index >= 15 is 0 Å². The molecule has 3 rings (SSSR count). The first-order valence-corrected chi connectivity index (χ1v) is 8.54. The quantitative estimate of drug-likeness (QED) is 0.485. The van der Waals surface area contributed by atoms with E-state index in [1.807, 2.05) is 0 Å². The van der Waals surface area contributed by atoms with Gasteiger partial charge in [-0.05, 0) is 13.8 Å². The van der Waals surface area contributed by atoms with E-state index in [9.17, 15) is 14.4 Å². The van der Waals surface area contributed by atoms with Crippen molar-refractivity contribution in [2.24, 2.45) is 0 Å². The molecule has 0 fully saturated rings. The first-order valence-electron chi connectivity index (χ1n) is 8.54. The van der Waals surface area contributed by atoms with Gasteiger partial charge in [0, 0.05) is 11.1 Å². The maximum Gasteiger partial charge on any atom is 0.375 e. The minimum absolute atomic E-state index is 0.0639. The molecule has 0 spiro atoms. The van der Waals surface area contributed by atoms with Crippen LogP contribution in [-0.4, -0.2) is 24.1 Å². The second kappa shape index (κ2) is 7.83. The third-order valence-electron chi connectivity index (χ3n) is 4.07. The highest BCUT2D eigenvalue weighted by Crippen LogP contribution is 2.28. The fourth-order valence-electron chi connectivity index (χ4n) is 2.84. The number of carbonyl (C=O) groups excluding carboxylic acids is 3. The first-order chi connectivity index (χ1) is 13.0. The highest BCUT2D eigenvalue weighted by Gasteiger charge is 2.33. The molecule has 1 heterocycles. The molecule has 0 bridgehead atoms. The molecule has 2 aromatic carbocycles. The number of carbonyl (C=O) groups is 3.